The third kappa shape index (κ3) is 2.73. The van der Waals surface area contributed by atoms with Gasteiger partial charge in [0.2, 0.25) is 5.95 Å². The van der Waals surface area contributed by atoms with E-state index in [9.17, 15) is 4.79 Å². The van der Waals surface area contributed by atoms with Gasteiger partial charge >= 0.3 is 5.97 Å². The number of aromatic nitrogens is 2. The predicted molar refractivity (Wildman–Crippen MR) is 72.5 cm³/mol. The van der Waals surface area contributed by atoms with Crippen molar-refractivity contribution in [3.8, 4) is 0 Å². The monoisotopic (exact) mass is 275 g/mol. The van der Waals surface area contributed by atoms with Gasteiger partial charge in [0.15, 0.2) is 5.69 Å². The number of rotatable bonds is 5. The molecule has 19 heavy (non-hydrogen) atoms. The van der Waals surface area contributed by atoms with Gasteiger partial charge < -0.3 is 10.0 Å². The molecule has 1 N–H and O–H groups in total. The summed E-state index contributed by atoms with van der Waals surface area (Å²) in [5.74, 6) is -0.511. The van der Waals surface area contributed by atoms with Gasteiger partial charge in [-0.1, -0.05) is 0 Å². The Kier molecular flexibility index (Phi) is 3.16. The Bertz CT molecular complexity index is 581. The molecule has 0 aromatic carbocycles. The van der Waals surface area contributed by atoms with Crippen molar-refractivity contribution in [1.82, 2.24) is 9.97 Å². The Labute approximate surface area is 114 Å². The summed E-state index contributed by atoms with van der Waals surface area (Å²) in [4.78, 5) is 21.4. The summed E-state index contributed by atoms with van der Waals surface area (Å²) in [6, 6.07) is 3.92. The summed E-state index contributed by atoms with van der Waals surface area (Å²) < 4.78 is 0. The first-order valence-corrected chi connectivity index (χ1v) is 7.02. The molecule has 2 aromatic heterocycles. The summed E-state index contributed by atoms with van der Waals surface area (Å²) in [6.07, 6.45) is 3.74. The number of nitrogens with zero attached hydrogens (tertiary/aromatic N) is 3. The van der Waals surface area contributed by atoms with E-state index >= 15 is 0 Å². The molecule has 0 unspecified atom stereocenters. The lowest BCUT2D eigenvalue weighted by Gasteiger charge is -2.21. The second kappa shape index (κ2) is 4.97. The molecule has 0 atom stereocenters. The van der Waals surface area contributed by atoms with E-state index in [-0.39, 0.29) is 5.69 Å². The maximum absolute atomic E-state index is 11.0. The van der Waals surface area contributed by atoms with Crippen molar-refractivity contribution in [2.24, 2.45) is 0 Å². The summed E-state index contributed by atoms with van der Waals surface area (Å²) >= 11 is 1.66. The molecule has 1 aliphatic carbocycles. The summed E-state index contributed by atoms with van der Waals surface area (Å²) in [7, 11) is 0. The van der Waals surface area contributed by atoms with Gasteiger partial charge in [-0.15, -0.1) is 0 Å². The van der Waals surface area contributed by atoms with Crippen molar-refractivity contribution in [1.29, 1.82) is 0 Å². The largest absolute Gasteiger partial charge is 0.477 e. The minimum atomic E-state index is -1.02. The van der Waals surface area contributed by atoms with E-state index in [1.807, 2.05) is 5.38 Å². The van der Waals surface area contributed by atoms with E-state index in [1.165, 1.54) is 17.8 Å². The Morgan fingerprint density at radius 1 is 1.47 bits per heavy atom. The zero-order valence-corrected chi connectivity index (χ0v) is 11.0. The number of anilines is 1. The highest BCUT2D eigenvalue weighted by atomic mass is 32.1. The molecule has 2 aromatic rings. The van der Waals surface area contributed by atoms with Crippen molar-refractivity contribution >= 4 is 23.3 Å². The van der Waals surface area contributed by atoms with Gasteiger partial charge in [-0.3, -0.25) is 0 Å². The highest BCUT2D eigenvalue weighted by molar-refractivity contribution is 7.07. The second-order valence-electron chi connectivity index (χ2n) is 4.54. The first kappa shape index (κ1) is 12.1. The van der Waals surface area contributed by atoms with Crippen molar-refractivity contribution < 1.29 is 9.90 Å². The van der Waals surface area contributed by atoms with E-state index < -0.39 is 5.97 Å². The normalized spacial score (nSPS) is 14.3. The van der Waals surface area contributed by atoms with Gasteiger partial charge in [-0.05, 0) is 41.3 Å². The van der Waals surface area contributed by atoms with Crippen LogP contribution in [0.5, 0.6) is 0 Å². The van der Waals surface area contributed by atoms with E-state index in [4.69, 9.17) is 5.11 Å². The van der Waals surface area contributed by atoms with Crippen LogP contribution in [0.2, 0.25) is 0 Å². The lowest BCUT2D eigenvalue weighted by molar-refractivity contribution is 0.0690. The summed E-state index contributed by atoms with van der Waals surface area (Å²) in [6.45, 7) is 0.733. The standard InChI is InChI=1S/C13H13N3O2S/c17-12(18)11-3-5-14-13(15-11)16(10-1-2-10)7-9-4-6-19-8-9/h3-6,8,10H,1-2,7H2,(H,17,18). The third-order valence-corrected chi connectivity index (χ3v) is 3.77. The minimum Gasteiger partial charge on any atom is -0.477 e. The molecular weight excluding hydrogens is 262 g/mol. The highest BCUT2D eigenvalue weighted by Gasteiger charge is 2.31. The fourth-order valence-corrected chi connectivity index (χ4v) is 2.59. The number of hydrogen-bond donors (Lipinski definition) is 1. The Balaban J connectivity index is 1.87. The van der Waals surface area contributed by atoms with Crippen molar-refractivity contribution in [3.05, 3.63) is 40.3 Å². The Morgan fingerprint density at radius 2 is 2.32 bits per heavy atom. The van der Waals surface area contributed by atoms with Crippen LogP contribution in [0.1, 0.15) is 28.9 Å². The van der Waals surface area contributed by atoms with Gasteiger partial charge in [0, 0.05) is 18.8 Å². The number of carboxylic acid groups (broad SMARTS) is 1. The van der Waals surface area contributed by atoms with Gasteiger partial charge in [0.1, 0.15) is 0 Å². The number of thiophene rings is 1. The van der Waals surface area contributed by atoms with Gasteiger partial charge in [0.05, 0.1) is 0 Å². The fourth-order valence-electron chi connectivity index (χ4n) is 1.93. The molecule has 1 aliphatic rings. The van der Waals surface area contributed by atoms with Crippen LogP contribution < -0.4 is 4.90 Å². The van der Waals surface area contributed by atoms with Crippen LogP contribution in [0.15, 0.2) is 29.1 Å². The summed E-state index contributed by atoms with van der Waals surface area (Å²) in [5.41, 5.74) is 1.25. The molecule has 6 heteroatoms. The number of carbonyl (C=O) groups is 1. The molecule has 2 heterocycles. The maximum atomic E-state index is 11.0. The maximum Gasteiger partial charge on any atom is 0.354 e. The lowest BCUT2D eigenvalue weighted by Crippen LogP contribution is -2.27. The molecule has 3 rings (SSSR count). The van der Waals surface area contributed by atoms with Gasteiger partial charge in [-0.25, -0.2) is 14.8 Å². The van der Waals surface area contributed by atoms with Crippen LogP contribution in [0.3, 0.4) is 0 Å². The SMILES string of the molecule is O=C(O)c1ccnc(N(Cc2ccsc2)C2CC2)n1. The lowest BCUT2D eigenvalue weighted by atomic mass is 10.3. The van der Waals surface area contributed by atoms with E-state index in [0.717, 1.165) is 19.4 Å². The molecule has 0 amide bonds. The quantitative estimate of drug-likeness (QED) is 0.907. The fraction of sp³-hybridized carbons (Fsp3) is 0.308. The van der Waals surface area contributed by atoms with Crippen LogP contribution >= 0.6 is 11.3 Å². The zero-order valence-electron chi connectivity index (χ0n) is 10.2. The van der Waals surface area contributed by atoms with Gasteiger partial charge in [-0.2, -0.15) is 11.3 Å². The van der Waals surface area contributed by atoms with Crippen LogP contribution in [0, 0.1) is 0 Å². The zero-order chi connectivity index (χ0) is 13.2. The van der Waals surface area contributed by atoms with Crippen LogP contribution in [-0.4, -0.2) is 27.1 Å². The molecule has 1 saturated carbocycles. The molecule has 0 saturated heterocycles. The van der Waals surface area contributed by atoms with Crippen molar-refractivity contribution in [2.45, 2.75) is 25.4 Å². The molecule has 0 aliphatic heterocycles. The third-order valence-electron chi connectivity index (χ3n) is 3.04. The van der Waals surface area contributed by atoms with Crippen molar-refractivity contribution in [2.75, 3.05) is 4.90 Å². The molecule has 0 bridgehead atoms. The Morgan fingerprint density at radius 3 is 2.95 bits per heavy atom. The topological polar surface area (TPSA) is 66.3 Å². The van der Waals surface area contributed by atoms with E-state index in [1.54, 1.807) is 11.3 Å². The van der Waals surface area contributed by atoms with E-state index in [2.05, 4.69) is 26.3 Å². The van der Waals surface area contributed by atoms with Crippen LogP contribution in [0.25, 0.3) is 0 Å². The molecule has 0 radical (unpaired) electrons. The first-order valence-electron chi connectivity index (χ1n) is 6.08. The molecule has 0 spiro atoms. The molecule has 5 nitrogen and oxygen atoms in total. The van der Waals surface area contributed by atoms with Gasteiger partial charge in [0.25, 0.3) is 0 Å². The highest BCUT2D eigenvalue weighted by Crippen LogP contribution is 2.31. The molecular formula is C13H13N3O2S. The molecule has 1 fully saturated rings. The van der Waals surface area contributed by atoms with Crippen LogP contribution in [-0.2, 0) is 6.54 Å². The number of hydrogen-bond acceptors (Lipinski definition) is 5. The first-order chi connectivity index (χ1) is 9.24. The van der Waals surface area contributed by atoms with Crippen molar-refractivity contribution in [3.63, 3.8) is 0 Å². The summed E-state index contributed by atoms with van der Waals surface area (Å²) in [5, 5.41) is 13.1. The molecule has 98 valence electrons. The number of carboxylic acids is 1. The average Bonchev–Trinajstić information content (AvgIpc) is 3.13. The Hall–Kier alpha value is -1.95. The number of aromatic carboxylic acids is 1. The predicted octanol–water partition coefficient (Wildman–Crippen LogP) is 2.41. The second-order valence-corrected chi connectivity index (χ2v) is 5.32. The van der Waals surface area contributed by atoms with E-state index in [0.29, 0.717) is 12.0 Å². The minimum absolute atomic E-state index is 0.0426. The van der Waals surface area contributed by atoms with Crippen LogP contribution in [0.4, 0.5) is 5.95 Å². The smallest absolute Gasteiger partial charge is 0.354 e. The average molecular weight is 275 g/mol.